The molecule has 5 heteroatoms. The van der Waals surface area contributed by atoms with E-state index in [9.17, 15) is 4.79 Å². The van der Waals surface area contributed by atoms with Crippen LogP contribution in [0.15, 0.2) is 54.7 Å². The van der Waals surface area contributed by atoms with E-state index < -0.39 is 0 Å². The van der Waals surface area contributed by atoms with Crippen molar-refractivity contribution in [2.45, 2.75) is 13.0 Å². The zero-order valence-electron chi connectivity index (χ0n) is 13.3. The van der Waals surface area contributed by atoms with Crippen LogP contribution >= 0.6 is 11.6 Å². The highest BCUT2D eigenvalue weighted by molar-refractivity contribution is 6.31. The van der Waals surface area contributed by atoms with E-state index in [0.29, 0.717) is 18.1 Å². The maximum absolute atomic E-state index is 11.9. The lowest BCUT2D eigenvalue weighted by Gasteiger charge is -2.07. The van der Waals surface area contributed by atoms with Gasteiger partial charge in [-0.25, -0.2) is 0 Å². The first-order valence-corrected chi connectivity index (χ1v) is 8.37. The highest BCUT2D eigenvalue weighted by Gasteiger charge is 2.05. The van der Waals surface area contributed by atoms with Crippen LogP contribution in [0, 0.1) is 0 Å². The predicted octanol–water partition coefficient (Wildman–Crippen LogP) is 3.27. The Bertz CT molecular complexity index is 828. The molecule has 0 aliphatic heterocycles. The van der Waals surface area contributed by atoms with Gasteiger partial charge in [0.05, 0.1) is 6.54 Å². The van der Waals surface area contributed by atoms with Crippen LogP contribution < -0.4 is 10.6 Å². The first-order valence-electron chi connectivity index (χ1n) is 8.00. The molecule has 4 nitrogen and oxygen atoms in total. The number of rotatable bonds is 7. The summed E-state index contributed by atoms with van der Waals surface area (Å²) in [5, 5.41) is 7.98. The number of aromatic nitrogens is 1. The van der Waals surface area contributed by atoms with Crippen LogP contribution in [0.4, 0.5) is 0 Å². The maximum atomic E-state index is 11.9. The van der Waals surface area contributed by atoms with Crippen molar-refractivity contribution in [3.05, 3.63) is 70.9 Å². The van der Waals surface area contributed by atoms with Crippen LogP contribution in [0.2, 0.25) is 5.02 Å². The minimum atomic E-state index is -0.0121. The third-order valence-electron chi connectivity index (χ3n) is 3.95. The van der Waals surface area contributed by atoms with Gasteiger partial charge in [0.1, 0.15) is 0 Å². The molecule has 1 aromatic heterocycles. The lowest BCUT2D eigenvalue weighted by atomic mass is 10.1. The van der Waals surface area contributed by atoms with Crippen molar-refractivity contribution in [2.75, 3.05) is 13.1 Å². The third-order valence-corrected chi connectivity index (χ3v) is 4.32. The second-order valence-corrected chi connectivity index (χ2v) is 6.06. The largest absolute Gasteiger partial charge is 0.361 e. The maximum Gasteiger partial charge on any atom is 0.233 e. The van der Waals surface area contributed by atoms with Crippen LogP contribution in [0.1, 0.15) is 11.1 Å². The molecule has 0 saturated carbocycles. The molecule has 3 aromatic rings. The average Bonchev–Trinajstić information content (AvgIpc) is 3.00. The number of carbonyl (C=O) groups excluding carboxylic acids is 1. The number of nitrogens with one attached hydrogen (secondary N) is 3. The second kappa shape index (κ2) is 7.99. The zero-order chi connectivity index (χ0) is 16.8. The number of benzene rings is 2. The Hall–Kier alpha value is -2.30. The Balaban J connectivity index is 1.41. The van der Waals surface area contributed by atoms with E-state index in [1.165, 1.54) is 10.9 Å². The number of halogens is 1. The average molecular weight is 342 g/mol. The van der Waals surface area contributed by atoms with Gasteiger partial charge in [-0.05, 0) is 29.7 Å². The Morgan fingerprint density at radius 2 is 1.83 bits per heavy atom. The van der Waals surface area contributed by atoms with Gasteiger partial charge < -0.3 is 15.6 Å². The predicted molar refractivity (Wildman–Crippen MR) is 98.2 cm³/mol. The van der Waals surface area contributed by atoms with E-state index in [4.69, 9.17) is 11.6 Å². The fourth-order valence-electron chi connectivity index (χ4n) is 2.69. The molecule has 24 heavy (non-hydrogen) atoms. The van der Waals surface area contributed by atoms with Crippen molar-refractivity contribution in [1.29, 1.82) is 0 Å². The molecule has 1 amide bonds. The van der Waals surface area contributed by atoms with Gasteiger partial charge in [-0.2, -0.15) is 0 Å². The van der Waals surface area contributed by atoms with E-state index in [1.807, 2.05) is 42.6 Å². The normalized spacial score (nSPS) is 10.9. The summed E-state index contributed by atoms with van der Waals surface area (Å²) in [5.41, 5.74) is 3.33. The van der Waals surface area contributed by atoms with Crippen molar-refractivity contribution in [3.63, 3.8) is 0 Å². The van der Waals surface area contributed by atoms with Crippen LogP contribution in [0.5, 0.6) is 0 Å². The van der Waals surface area contributed by atoms with Gasteiger partial charge in [0.25, 0.3) is 0 Å². The molecule has 0 saturated heterocycles. The molecule has 3 rings (SSSR count). The Morgan fingerprint density at radius 1 is 1.04 bits per heavy atom. The first kappa shape index (κ1) is 16.6. The Morgan fingerprint density at radius 3 is 2.71 bits per heavy atom. The number of carbonyl (C=O) groups is 1. The fraction of sp³-hybridized carbons (Fsp3) is 0.211. The summed E-state index contributed by atoms with van der Waals surface area (Å²) >= 11 is 6.08. The number of hydrogen-bond donors (Lipinski definition) is 3. The van der Waals surface area contributed by atoms with Crippen molar-refractivity contribution >= 4 is 28.4 Å². The van der Waals surface area contributed by atoms with E-state index in [2.05, 4.69) is 27.8 Å². The number of hydrogen-bond acceptors (Lipinski definition) is 2. The zero-order valence-corrected chi connectivity index (χ0v) is 14.1. The monoisotopic (exact) mass is 341 g/mol. The summed E-state index contributed by atoms with van der Waals surface area (Å²) in [6.45, 7) is 1.48. The smallest absolute Gasteiger partial charge is 0.233 e. The van der Waals surface area contributed by atoms with Crippen LogP contribution in [-0.4, -0.2) is 24.0 Å². The fourth-order valence-corrected chi connectivity index (χ4v) is 2.89. The van der Waals surface area contributed by atoms with E-state index >= 15 is 0 Å². The molecule has 0 spiro atoms. The summed E-state index contributed by atoms with van der Waals surface area (Å²) in [4.78, 5) is 15.1. The molecular weight excluding hydrogens is 322 g/mol. The van der Waals surface area contributed by atoms with Crippen LogP contribution in [-0.2, 0) is 17.8 Å². The SMILES string of the molecule is O=C(CNCc1ccccc1Cl)NCCc1c[nH]c2ccccc12. The summed E-state index contributed by atoms with van der Waals surface area (Å²) in [5.74, 6) is -0.0121. The van der Waals surface area contributed by atoms with Gasteiger partial charge in [-0.15, -0.1) is 0 Å². The van der Waals surface area contributed by atoms with Gasteiger partial charge in [0.15, 0.2) is 0 Å². The highest BCUT2D eigenvalue weighted by atomic mass is 35.5. The van der Waals surface area contributed by atoms with Crippen molar-refractivity contribution in [1.82, 2.24) is 15.6 Å². The van der Waals surface area contributed by atoms with Gasteiger partial charge in [-0.3, -0.25) is 4.79 Å². The standard InChI is InChI=1S/C19H20ClN3O/c20-17-7-3-1-5-15(17)11-21-13-19(24)22-10-9-14-12-23-18-8-4-2-6-16(14)18/h1-8,12,21,23H,9-11,13H2,(H,22,24). The quantitative estimate of drug-likeness (QED) is 0.617. The molecule has 3 N–H and O–H groups in total. The summed E-state index contributed by atoms with van der Waals surface area (Å²) in [7, 11) is 0. The molecule has 0 aliphatic carbocycles. The lowest BCUT2D eigenvalue weighted by molar-refractivity contribution is -0.120. The van der Waals surface area contributed by atoms with Gasteiger partial charge in [0.2, 0.25) is 5.91 Å². The summed E-state index contributed by atoms with van der Waals surface area (Å²) in [6.07, 6.45) is 2.81. The molecule has 0 fully saturated rings. The summed E-state index contributed by atoms with van der Waals surface area (Å²) in [6, 6.07) is 15.8. The highest BCUT2D eigenvalue weighted by Crippen LogP contribution is 2.17. The second-order valence-electron chi connectivity index (χ2n) is 5.65. The molecule has 0 unspecified atom stereocenters. The molecule has 2 aromatic carbocycles. The topological polar surface area (TPSA) is 56.9 Å². The molecule has 0 atom stereocenters. The van der Waals surface area contributed by atoms with Crippen molar-refractivity contribution in [2.24, 2.45) is 0 Å². The molecule has 1 heterocycles. The number of H-pyrrole nitrogens is 1. The van der Waals surface area contributed by atoms with E-state index in [1.54, 1.807) is 0 Å². The number of amides is 1. The van der Waals surface area contributed by atoms with E-state index in [0.717, 1.165) is 17.5 Å². The van der Waals surface area contributed by atoms with Gasteiger partial charge in [-0.1, -0.05) is 48.0 Å². The number of fused-ring (bicyclic) bond motifs is 1. The lowest BCUT2D eigenvalue weighted by Crippen LogP contribution is -2.34. The Kier molecular flexibility index (Phi) is 5.51. The first-order chi connectivity index (χ1) is 11.7. The molecular formula is C19H20ClN3O. The molecule has 0 aliphatic rings. The number of para-hydroxylation sites is 1. The molecule has 124 valence electrons. The van der Waals surface area contributed by atoms with Crippen LogP contribution in [0.3, 0.4) is 0 Å². The van der Waals surface area contributed by atoms with E-state index in [-0.39, 0.29) is 12.5 Å². The minimum Gasteiger partial charge on any atom is -0.361 e. The van der Waals surface area contributed by atoms with Crippen LogP contribution in [0.25, 0.3) is 10.9 Å². The van der Waals surface area contributed by atoms with Crippen molar-refractivity contribution in [3.8, 4) is 0 Å². The molecule has 0 bridgehead atoms. The third kappa shape index (κ3) is 4.16. The Labute approximate surface area is 146 Å². The number of aromatic amines is 1. The summed E-state index contributed by atoms with van der Waals surface area (Å²) < 4.78 is 0. The minimum absolute atomic E-state index is 0.0121. The van der Waals surface area contributed by atoms with Gasteiger partial charge >= 0.3 is 0 Å². The van der Waals surface area contributed by atoms with Gasteiger partial charge in [0, 0.05) is 35.2 Å². The van der Waals surface area contributed by atoms with Crippen molar-refractivity contribution < 1.29 is 4.79 Å². The molecule has 0 radical (unpaired) electrons.